The Balaban J connectivity index is 0.00000169. The van der Waals surface area contributed by atoms with E-state index in [1.165, 1.54) is 7.05 Å². The molecule has 72 valence electrons. The first-order valence-corrected chi connectivity index (χ1v) is 5.04. The minimum atomic E-state index is -4.39. The minimum Gasteiger partial charge on any atom is -0.731 e. The van der Waals surface area contributed by atoms with Crippen LogP contribution in [-0.2, 0) is 10.3 Å². The van der Waals surface area contributed by atoms with Gasteiger partial charge in [-0.3, -0.25) is 4.31 Å². The monoisotopic (exact) mass is 223 g/mol. The molecule has 1 rings (SSSR count). The van der Waals surface area contributed by atoms with Gasteiger partial charge in [0.1, 0.15) is 0 Å². The maximum absolute atomic E-state index is 10.6. The molecule has 1 aromatic carbocycles. The summed E-state index contributed by atoms with van der Waals surface area (Å²) in [5.74, 6) is 0. The number of rotatable bonds is 2. The first-order chi connectivity index (χ1) is 5.91. The van der Waals surface area contributed by atoms with Crippen molar-refractivity contribution in [1.82, 2.24) is 0 Å². The molecular formula is C8H10NNaO3S. The molecule has 0 unspecified atom stereocenters. The Bertz CT molecular complexity index is 405. The molecule has 0 saturated carbocycles. The van der Waals surface area contributed by atoms with Gasteiger partial charge in [-0.2, -0.15) is 0 Å². The Morgan fingerprint density at radius 1 is 1.36 bits per heavy atom. The van der Waals surface area contributed by atoms with Gasteiger partial charge in [-0.05, 0) is 24.6 Å². The molecule has 0 aliphatic rings. The summed E-state index contributed by atoms with van der Waals surface area (Å²) in [6.07, 6.45) is 0. The van der Waals surface area contributed by atoms with E-state index in [2.05, 4.69) is 0 Å². The number of benzene rings is 1. The average Bonchev–Trinajstić information content (AvgIpc) is 2.01. The van der Waals surface area contributed by atoms with Crippen LogP contribution < -0.4 is 33.9 Å². The molecule has 0 saturated heterocycles. The summed E-state index contributed by atoms with van der Waals surface area (Å²) in [4.78, 5) is 0. The van der Waals surface area contributed by atoms with Crippen LogP contribution in [0.3, 0.4) is 0 Å². The zero-order valence-electron chi connectivity index (χ0n) is 8.39. The van der Waals surface area contributed by atoms with E-state index in [9.17, 15) is 13.0 Å². The van der Waals surface area contributed by atoms with Gasteiger partial charge in [0.2, 0.25) is 0 Å². The maximum atomic E-state index is 10.6. The van der Waals surface area contributed by atoms with Gasteiger partial charge in [0.05, 0.1) is 5.69 Å². The zero-order valence-corrected chi connectivity index (χ0v) is 11.2. The average molecular weight is 223 g/mol. The summed E-state index contributed by atoms with van der Waals surface area (Å²) in [6, 6.07) is 6.74. The largest absolute Gasteiger partial charge is 1.00 e. The van der Waals surface area contributed by atoms with Crippen LogP contribution in [0.5, 0.6) is 0 Å². The number of anilines is 1. The molecule has 0 bridgehead atoms. The minimum absolute atomic E-state index is 0. The topological polar surface area (TPSA) is 60.4 Å². The molecule has 0 fully saturated rings. The third-order valence-corrected chi connectivity index (χ3v) is 2.58. The van der Waals surface area contributed by atoms with Crippen molar-refractivity contribution in [2.75, 3.05) is 11.4 Å². The van der Waals surface area contributed by atoms with Crippen LogP contribution in [0, 0.1) is 6.92 Å². The Hall–Kier alpha value is -0.0700. The molecule has 0 aliphatic carbocycles. The molecule has 0 N–H and O–H groups in total. The predicted molar refractivity (Wildman–Crippen MR) is 49.3 cm³/mol. The molecule has 0 spiro atoms. The summed E-state index contributed by atoms with van der Waals surface area (Å²) < 4.78 is 32.5. The van der Waals surface area contributed by atoms with Crippen molar-refractivity contribution in [2.45, 2.75) is 6.92 Å². The normalized spacial score (nSPS) is 10.5. The fraction of sp³-hybridized carbons (Fsp3) is 0.250. The summed E-state index contributed by atoms with van der Waals surface area (Å²) in [5.41, 5.74) is 1.29. The van der Waals surface area contributed by atoms with Crippen molar-refractivity contribution in [3.05, 3.63) is 29.8 Å². The number of aryl methyl sites for hydroxylation is 1. The third-order valence-electron chi connectivity index (χ3n) is 1.70. The Morgan fingerprint density at radius 2 is 1.93 bits per heavy atom. The van der Waals surface area contributed by atoms with Crippen molar-refractivity contribution in [1.29, 1.82) is 0 Å². The van der Waals surface area contributed by atoms with Crippen LogP contribution in [-0.4, -0.2) is 20.0 Å². The second-order valence-electron chi connectivity index (χ2n) is 2.76. The van der Waals surface area contributed by atoms with E-state index in [-0.39, 0.29) is 29.6 Å². The van der Waals surface area contributed by atoms with Crippen molar-refractivity contribution in [3.63, 3.8) is 0 Å². The Morgan fingerprint density at radius 3 is 2.36 bits per heavy atom. The molecular weight excluding hydrogens is 213 g/mol. The van der Waals surface area contributed by atoms with Gasteiger partial charge in [-0.25, -0.2) is 8.42 Å². The van der Waals surface area contributed by atoms with E-state index in [0.29, 0.717) is 9.99 Å². The van der Waals surface area contributed by atoms with Crippen LogP contribution in [0.4, 0.5) is 5.69 Å². The quantitative estimate of drug-likeness (QED) is 0.426. The Kier molecular flexibility index (Phi) is 5.11. The van der Waals surface area contributed by atoms with Gasteiger partial charge in [-0.1, -0.05) is 12.1 Å². The van der Waals surface area contributed by atoms with Crippen molar-refractivity contribution in [2.24, 2.45) is 0 Å². The first kappa shape index (κ1) is 13.9. The number of nitrogens with zero attached hydrogens (tertiary/aromatic N) is 1. The molecule has 0 radical (unpaired) electrons. The van der Waals surface area contributed by atoms with Crippen LogP contribution in [0.15, 0.2) is 24.3 Å². The zero-order chi connectivity index (χ0) is 10.1. The smallest absolute Gasteiger partial charge is 0.731 e. The van der Waals surface area contributed by atoms with E-state index < -0.39 is 10.3 Å². The number of hydrogen-bond acceptors (Lipinski definition) is 3. The van der Waals surface area contributed by atoms with E-state index in [1.54, 1.807) is 18.2 Å². The van der Waals surface area contributed by atoms with Gasteiger partial charge in [-0.15, -0.1) is 0 Å². The standard InChI is InChI=1S/C8H11NO3S.Na/c1-7-4-3-5-8(6-7)9(2)13(10,11)12;/h3-6H,1-2H3,(H,10,11,12);/q;+1/p-1. The van der Waals surface area contributed by atoms with Gasteiger partial charge < -0.3 is 4.55 Å². The molecule has 0 atom stereocenters. The van der Waals surface area contributed by atoms with Crippen LogP contribution in [0.2, 0.25) is 0 Å². The van der Waals surface area contributed by atoms with Crippen LogP contribution in [0.25, 0.3) is 0 Å². The molecule has 4 nitrogen and oxygen atoms in total. The maximum Gasteiger partial charge on any atom is 1.00 e. The predicted octanol–water partition coefficient (Wildman–Crippen LogP) is -2.10. The van der Waals surface area contributed by atoms with Gasteiger partial charge in [0.15, 0.2) is 10.3 Å². The number of hydrogen-bond donors (Lipinski definition) is 0. The van der Waals surface area contributed by atoms with E-state index in [0.717, 1.165) is 5.56 Å². The molecule has 1 aromatic rings. The van der Waals surface area contributed by atoms with E-state index >= 15 is 0 Å². The van der Waals surface area contributed by atoms with E-state index in [1.807, 2.05) is 13.0 Å². The van der Waals surface area contributed by atoms with Gasteiger partial charge in [0.25, 0.3) is 0 Å². The Labute approximate surface area is 106 Å². The van der Waals surface area contributed by atoms with Crippen molar-refractivity contribution in [3.8, 4) is 0 Å². The van der Waals surface area contributed by atoms with Crippen LogP contribution >= 0.6 is 0 Å². The second-order valence-corrected chi connectivity index (χ2v) is 4.17. The molecule has 6 heteroatoms. The molecule has 14 heavy (non-hydrogen) atoms. The fourth-order valence-corrected chi connectivity index (χ4v) is 1.32. The third kappa shape index (κ3) is 3.59. The van der Waals surface area contributed by atoms with Crippen LogP contribution in [0.1, 0.15) is 5.56 Å². The SMILES string of the molecule is Cc1cccc(N(C)S(=O)(=O)[O-])c1.[Na+]. The van der Waals surface area contributed by atoms with Crippen molar-refractivity contribution < 1.29 is 42.5 Å². The summed E-state index contributed by atoms with van der Waals surface area (Å²) in [7, 11) is -3.16. The van der Waals surface area contributed by atoms with Gasteiger partial charge >= 0.3 is 29.6 Å². The van der Waals surface area contributed by atoms with E-state index in [4.69, 9.17) is 0 Å². The second kappa shape index (κ2) is 5.14. The van der Waals surface area contributed by atoms with Crippen molar-refractivity contribution >= 4 is 16.0 Å². The summed E-state index contributed by atoms with van der Waals surface area (Å²) in [5, 5.41) is 0. The molecule has 0 aromatic heterocycles. The fourth-order valence-electron chi connectivity index (χ4n) is 0.953. The first-order valence-electron chi connectivity index (χ1n) is 3.67. The summed E-state index contributed by atoms with van der Waals surface area (Å²) in [6.45, 7) is 1.83. The summed E-state index contributed by atoms with van der Waals surface area (Å²) >= 11 is 0. The molecule has 0 amide bonds. The van der Waals surface area contributed by atoms with Gasteiger partial charge in [0, 0.05) is 7.05 Å². The molecule has 0 aliphatic heterocycles. The molecule has 0 heterocycles.